The second-order valence-corrected chi connectivity index (χ2v) is 5.14. The number of hydrogen-bond acceptors (Lipinski definition) is 3. The Bertz CT molecular complexity index is 549. The summed E-state index contributed by atoms with van der Waals surface area (Å²) in [5, 5.41) is 9.87. The van der Waals surface area contributed by atoms with Crippen molar-refractivity contribution in [3.8, 4) is 0 Å². The van der Waals surface area contributed by atoms with Gasteiger partial charge in [-0.1, -0.05) is 60.7 Å². The molecule has 3 heteroatoms. The zero-order chi connectivity index (χ0) is 14.0. The van der Waals surface area contributed by atoms with Crippen molar-refractivity contribution < 1.29 is 14.6 Å². The zero-order valence-electron chi connectivity index (χ0n) is 11.0. The van der Waals surface area contributed by atoms with Crippen LogP contribution in [0.1, 0.15) is 30.1 Å². The highest BCUT2D eigenvalue weighted by molar-refractivity contribution is 5.82. The fourth-order valence-electron chi connectivity index (χ4n) is 2.12. The average Bonchev–Trinajstić information content (AvgIpc) is 3.25. The molecule has 0 saturated heterocycles. The van der Waals surface area contributed by atoms with Crippen molar-refractivity contribution in [1.82, 2.24) is 0 Å². The molecule has 0 spiro atoms. The first kappa shape index (κ1) is 12.9. The molecule has 1 saturated carbocycles. The third-order valence-electron chi connectivity index (χ3n) is 3.53. The molecule has 0 radical (unpaired) electrons. The molecule has 20 heavy (non-hydrogen) atoms. The Morgan fingerprint density at radius 2 is 1.40 bits per heavy atom. The van der Waals surface area contributed by atoms with Crippen LogP contribution in [0.5, 0.6) is 0 Å². The van der Waals surface area contributed by atoms with Gasteiger partial charge in [-0.15, -0.1) is 0 Å². The molecule has 1 fully saturated rings. The Balaban J connectivity index is 1.90. The molecule has 0 bridgehead atoms. The minimum absolute atomic E-state index is 0.477. The number of ether oxygens (including phenoxy) is 1. The average molecular weight is 268 g/mol. The van der Waals surface area contributed by atoms with E-state index in [0.29, 0.717) is 12.8 Å². The van der Waals surface area contributed by atoms with Crippen molar-refractivity contribution in [1.29, 1.82) is 0 Å². The minimum atomic E-state index is -1.26. The largest absolute Gasteiger partial charge is 0.450 e. The Morgan fingerprint density at radius 1 is 0.950 bits per heavy atom. The summed E-state index contributed by atoms with van der Waals surface area (Å²) in [5.74, 6) is -0.532. The van der Waals surface area contributed by atoms with E-state index in [9.17, 15) is 9.90 Å². The first-order chi connectivity index (χ1) is 9.69. The van der Waals surface area contributed by atoms with E-state index < -0.39 is 17.7 Å². The van der Waals surface area contributed by atoms with Gasteiger partial charge in [0.25, 0.3) is 0 Å². The Morgan fingerprint density at radius 3 is 1.80 bits per heavy atom. The SMILES string of the molecule is O=C(OC(c1ccccc1)c1ccccc1)C1(O)CC1. The van der Waals surface area contributed by atoms with Crippen LogP contribution in [0.2, 0.25) is 0 Å². The van der Waals surface area contributed by atoms with Crippen molar-refractivity contribution in [2.24, 2.45) is 0 Å². The van der Waals surface area contributed by atoms with E-state index in [1.165, 1.54) is 0 Å². The maximum atomic E-state index is 12.0. The van der Waals surface area contributed by atoms with Gasteiger partial charge in [0, 0.05) is 0 Å². The van der Waals surface area contributed by atoms with Gasteiger partial charge in [-0.05, 0) is 24.0 Å². The lowest BCUT2D eigenvalue weighted by Crippen LogP contribution is -2.26. The topological polar surface area (TPSA) is 46.5 Å². The van der Waals surface area contributed by atoms with Crippen molar-refractivity contribution in [2.75, 3.05) is 0 Å². The second kappa shape index (κ2) is 5.10. The summed E-state index contributed by atoms with van der Waals surface area (Å²) >= 11 is 0. The van der Waals surface area contributed by atoms with Crippen LogP contribution in [0.3, 0.4) is 0 Å². The molecule has 2 aromatic rings. The molecule has 0 heterocycles. The fraction of sp³-hybridized carbons (Fsp3) is 0.235. The number of esters is 1. The molecule has 0 aromatic heterocycles. The fourth-order valence-corrected chi connectivity index (χ4v) is 2.12. The molecule has 2 aromatic carbocycles. The highest BCUT2D eigenvalue weighted by atomic mass is 16.6. The zero-order valence-corrected chi connectivity index (χ0v) is 11.0. The molecule has 1 N–H and O–H groups in total. The summed E-state index contributed by atoms with van der Waals surface area (Å²) in [7, 11) is 0. The molecule has 0 amide bonds. The van der Waals surface area contributed by atoms with Crippen molar-refractivity contribution >= 4 is 5.97 Å². The predicted molar refractivity (Wildman–Crippen MR) is 75.0 cm³/mol. The molecule has 0 atom stereocenters. The van der Waals surface area contributed by atoms with Gasteiger partial charge in [0.2, 0.25) is 0 Å². The van der Waals surface area contributed by atoms with Gasteiger partial charge in [0.15, 0.2) is 11.7 Å². The predicted octanol–water partition coefficient (Wildman–Crippen LogP) is 2.84. The quantitative estimate of drug-likeness (QED) is 0.867. The maximum absolute atomic E-state index is 12.0. The van der Waals surface area contributed by atoms with Gasteiger partial charge < -0.3 is 9.84 Å². The standard InChI is InChI=1S/C17H16O3/c18-16(17(19)11-12-17)20-15(13-7-3-1-4-8-13)14-9-5-2-6-10-14/h1-10,15,19H,11-12H2. The second-order valence-electron chi connectivity index (χ2n) is 5.14. The van der Waals surface area contributed by atoms with Gasteiger partial charge in [0.05, 0.1) is 0 Å². The number of carbonyl (C=O) groups is 1. The van der Waals surface area contributed by atoms with Crippen LogP contribution in [-0.4, -0.2) is 16.7 Å². The Hall–Kier alpha value is -2.13. The lowest BCUT2D eigenvalue weighted by atomic mass is 10.0. The number of benzene rings is 2. The van der Waals surface area contributed by atoms with E-state index in [4.69, 9.17) is 4.74 Å². The summed E-state index contributed by atoms with van der Waals surface area (Å²) in [6.07, 6.45) is 0.499. The molecule has 102 valence electrons. The van der Waals surface area contributed by atoms with Crippen molar-refractivity contribution in [3.05, 3.63) is 71.8 Å². The van der Waals surface area contributed by atoms with E-state index in [1.54, 1.807) is 0 Å². The minimum Gasteiger partial charge on any atom is -0.450 e. The molecule has 0 aliphatic heterocycles. The van der Waals surface area contributed by atoms with Crippen LogP contribution in [0.25, 0.3) is 0 Å². The summed E-state index contributed by atoms with van der Waals surface area (Å²) in [5.41, 5.74) is 0.537. The lowest BCUT2D eigenvalue weighted by molar-refractivity contribution is -0.160. The van der Waals surface area contributed by atoms with E-state index >= 15 is 0 Å². The van der Waals surface area contributed by atoms with Gasteiger partial charge in [-0.3, -0.25) is 0 Å². The van der Waals surface area contributed by atoms with Gasteiger partial charge in [-0.25, -0.2) is 4.79 Å². The Labute approximate surface area is 117 Å². The summed E-state index contributed by atoms with van der Waals surface area (Å²) in [6, 6.07) is 19.1. The molecule has 3 nitrogen and oxygen atoms in total. The monoisotopic (exact) mass is 268 g/mol. The number of aliphatic hydroxyl groups is 1. The van der Waals surface area contributed by atoms with Crippen LogP contribution in [0.15, 0.2) is 60.7 Å². The highest BCUT2D eigenvalue weighted by Gasteiger charge is 2.50. The molecule has 1 aliphatic rings. The Kier molecular flexibility index (Phi) is 3.28. The molecular formula is C17H16O3. The molecular weight excluding hydrogens is 252 g/mol. The third kappa shape index (κ3) is 2.58. The van der Waals surface area contributed by atoms with E-state index in [2.05, 4.69) is 0 Å². The van der Waals surface area contributed by atoms with E-state index in [-0.39, 0.29) is 0 Å². The molecule has 1 aliphatic carbocycles. The number of carbonyl (C=O) groups excluding carboxylic acids is 1. The van der Waals surface area contributed by atoms with E-state index in [0.717, 1.165) is 11.1 Å². The van der Waals surface area contributed by atoms with Gasteiger partial charge in [0.1, 0.15) is 0 Å². The van der Waals surface area contributed by atoms with Crippen LogP contribution < -0.4 is 0 Å². The number of rotatable bonds is 4. The van der Waals surface area contributed by atoms with E-state index in [1.807, 2.05) is 60.7 Å². The van der Waals surface area contributed by atoms with Crippen LogP contribution in [0.4, 0.5) is 0 Å². The summed E-state index contributed by atoms with van der Waals surface area (Å²) < 4.78 is 5.56. The third-order valence-corrected chi connectivity index (χ3v) is 3.53. The van der Waals surface area contributed by atoms with Crippen molar-refractivity contribution in [3.63, 3.8) is 0 Å². The lowest BCUT2D eigenvalue weighted by Gasteiger charge is -2.20. The van der Waals surface area contributed by atoms with Crippen LogP contribution >= 0.6 is 0 Å². The summed E-state index contributed by atoms with van der Waals surface area (Å²) in [6.45, 7) is 0. The van der Waals surface area contributed by atoms with Crippen LogP contribution in [0, 0.1) is 0 Å². The maximum Gasteiger partial charge on any atom is 0.339 e. The molecule has 3 rings (SSSR count). The van der Waals surface area contributed by atoms with Gasteiger partial charge in [-0.2, -0.15) is 0 Å². The molecule has 0 unspecified atom stereocenters. The summed E-state index contributed by atoms with van der Waals surface area (Å²) in [4.78, 5) is 12.0. The highest BCUT2D eigenvalue weighted by Crippen LogP contribution is 2.38. The van der Waals surface area contributed by atoms with Crippen molar-refractivity contribution in [2.45, 2.75) is 24.5 Å². The van der Waals surface area contributed by atoms with Crippen LogP contribution in [-0.2, 0) is 9.53 Å². The first-order valence-electron chi connectivity index (χ1n) is 6.72. The normalized spacial score (nSPS) is 15.9. The van der Waals surface area contributed by atoms with Gasteiger partial charge >= 0.3 is 5.97 Å². The number of hydrogen-bond donors (Lipinski definition) is 1. The smallest absolute Gasteiger partial charge is 0.339 e. The first-order valence-corrected chi connectivity index (χ1v) is 6.72.